The molecule has 2 rings (SSSR count). The van der Waals surface area contributed by atoms with Crippen molar-refractivity contribution < 1.29 is 0 Å². The lowest BCUT2D eigenvalue weighted by Gasteiger charge is -2.30. The molecule has 0 bridgehead atoms. The van der Waals surface area contributed by atoms with Crippen LogP contribution in [0.3, 0.4) is 0 Å². The summed E-state index contributed by atoms with van der Waals surface area (Å²) in [4.78, 5) is 4.16. The second-order valence-corrected chi connectivity index (χ2v) is 4.53. The summed E-state index contributed by atoms with van der Waals surface area (Å²) in [6.45, 7) is 6.28. The molecule has 0 fully saturated rings. The van der Waals surface area contributed by atoms with Crippen LogP contribution in [0.5, 0.6) is 0 Å². The van der Waals surface area contributed by atoms with E-state index in [1.54, 1.807) is 0 Å². The predicted molar refractivity (Wildman–Crippen MR) is 69.3 cm³/mol. The number of nitriles is 1. The fourth-order valence-electron chi connectivity index (χ4n) is 2.32. The molecule has 0 spiro atoms. The summed E-state index contributed by atoms with van der Waals surface area (Å²) in [7, 11) is 2.00. The van der Waals surface area contributed by atoms with Crippen molar-refractivity contribution in [2.75, 3.05) is 11.9 Å². The first-order valence-electron chi connectivity index (χ1n) is 5.75. The molecule has 0 aromatic heterocycles. The predicted octanol–water partition coefficient (Wildman–Crippen LogP) is 2.77. The van der Waals surface area contributed by atoms with Crippen LogP contribution in [0, 0.1) is 25.2 Å². The standard InChI is InChI=1S/C14H17N3/c1-10-6-5-7-11(2)14(10)17-12(3)16(4)9-13(17)8-15/h5-7,9,12H,1-4H3/t12-/m0/s1. The van der Waals surface area contributed by atoms with Gasteiger partial charge in [-0.3, -0.25) is 0 Å². The Labute approximate surface area is 103 Å². The number of para-hydroxylation sites is 1. The van der Waals surface area contributed by atoms with Crippen LogP contribution in [0.15, 0.2) is 30.1 Å². The van der Waals surface area contributed by atoms with Gasteiger partial charge in [-0.05, 0) is 31.9 Å². The molecule has 1 aromatic carbocycles. The van der Waals surface area contributed by atoms with E-state index >= 15 is 0 Å². The number of aryl methyl sites for hydroxylation is 2. The lowest BCUT2D eigenvalue weighted by atomic mass is 10.1. The van der Waals surface area contributed by atoms with E-state index < -0.39 is 0 Å². The average molecular weight is 227 g/mol. The number of rotatable bonds is 1. The number of benzene rings is 1. The fourth-order valence-corrected chi connectivity index (χ4v) is 2.32. The molecule has 0 saturated carbocycles. The maximum absolute atomic E-state index is 9.23. The molecule has 17 heavy (non-hydrogen) atoms. The number of allylic oxidation sites excluding steroid dienone is 1. The molecule has 88 valence electrons. The zero-order valence-electron chi connectivity index (χ0n) is 10.7. The average Bonchev–Trinajstić information content (AvgIpc) is 2.56. The third-order valence-corrected chi connectivity index (χ3v) is 3.34. The van der Waals surface area contributed by atoms with Crippen LogP contribution < -0.4 is 4.90 Å². The van der Waals surface area contributed by atoms with E-state index in [0.717, 1.165) is 5.69 Å². The van der Waals surface area contributed by atoms with Gasteiger partial charge in [-0.1, -0.05) is 18.2 Å². The Kier molecular flexibility index (Phi) is 2.81. The molecule has 0 aliphatic carbocycles. The number of anilines is 1. The maximum Gasteiger partial charge on any atom is 0.138 e. The van der Waals surface area contributed by atoms with Gasteiger partial charge in [-0.2, -0.15) is 5.26 Å². The van der Waals surface area contributed by atoms with Gasteiger partial charge in [0.25, 0.3) is 0 Å². The lowest BCUT2D eigenvalue weighted by molar-refractivity contribution is 0.382. The fraction of sp³-hybridized carbons (Fsp3) is 0.357. The Morgan fingerprint density at radius 3 is 2.35 bits per heavy atom. The van der Waals surface area contributed by atoms with Crippen LogP contribution in [0.2, 0.25) is 0 Å². The Morgan fingerprint density at radius 1 is 1.24 bits per heavy atom. The first kappa shape index (κ1) is 11.5. The van der Waals surface area contributed by atoms with E-state index in [1.165, 1.54) is 11.1 Å². The van der Waals surface area contributed by atoms with Crippen LogP contribution in [-0.2, 0) is 0 Å². The van der Waals surface area contributed by atoms with E-state index in [4.69, 9.17) is 0 Å². The van der Waals surface area contributed by atoms with Crippen molar-refractivity contribution in [3.05, 3.63) is 41.2 Å². The zero-order valence-corrected chi connectivity index (χ0v) is 10.7. The van der Waals surface area contributed by atoms with Gasteiger partial charge in [-0.15, -0.1) is 0 Å². The first-order valence-corrected chi connectivity index (χ1v) is 5.75. The number of hydrogen-bond donors (Lipinski definition) is 0. The topological polar surface area (TPSA) is 30.3 Å². The van der Waals surface area contributed by atoms with Gasteiger partial charge in [0, 0.05) is 18.9 Å². The second-order valence-electron chi connectivity index (χ2n) is 4.53. The van der Waals surface area contributed by atoms with Gasteiger partial charge >= 0.3 is 0 Å². The second kappa shape index (κ2) is 4.14. The lowest BCUT2D eigenvalue weighted by Crippen LogP contribution is -2.35. The van der Waals surface area contributed by atoms with Gasteiger partial charge in [0.2, 0.25) is 0 Å². The SMILES string of the molecule is Cc1cccc(C)c1N1C(C#N)=CN(C)[C@@H]1C. The number of nitrogens with zero attached hydrogens (tertiary/aromatic N) is 3. The van der Waals surface area contributed by atoms with Gasteiger partial charge in [0.15, 0.2) is 0 Å². The highest BCUT2D eigenvalue weighted by Crippen LogP contribution is 2.33. The maximum atomic E-state index is 9.23. The summed E-state index contributed by atoms with van der Waals surface area (Å²) in [6.07, 6.45) is 2.08. The van der Waals surface area contributed by atoms with Crippen LogP contribution in [-0.4, -0.2) is 18.1 Å². The third-order valence-electron chi connectivity index (χ3n) is 3.34. The van der Waals surface area contributed by atoms with Crippen LogP contribution >= 0.6 is 0 Å². The summed E-state index contributed by atoms with van der Waals surface area (Å²) in [6, 6.07) is 8.49. The summed E-state index contributed by atoms with van der Waals surface area (Å²) in [5, 5.41) is 9.23. The molecular formula is C14H17N3. The summed E-state index contributed by atoms with van der Waals surface area (Å²) in [5.74, 6) is 0. The molecule has 3 nitrogen and oxygen atoms in total. The largest absolute Gasteiger partial charge is 0.358 e. The Morgan fingerprint density at radius 2 is 1.82 bits per heavy atom. The molecule has 1 aliphatic heterocycles. The van der Waals surface area contributed by atoms with Crippen molar-refractivity contribution in [1.29, 1.82) is 5.26 Å². The molecule has 0 amide bonds. The molecule has 0 radical (unpaired) electrons. The van der Waals surface area contributed by atoms with Crippen LogP contribution in [0.25, 0.3) is 0 Å². The summed E-state index contributed by atoms with van der Waals surface area (Å²) >= 11 is 0. The highest BCUT2D eigenvalue weighted by Gasteiger charge is 2.29. The van der Waals surface area contributed by atoms with Crippen molar-refractivity contribution in [2.24, 2.45) is 0 Å². The highest BCUT2D eigenvalue weighted by molar-refractivity contribution is 5.66. The highest BCUT2D eigenvalue weighted by atomic mass is 15.4. The summed E-state index contributed by atoms with van der Waals surface area (Å²) in [5.41, 5.74) is 4.26. The first-order chi connectivity index (χ1) is 8.06. The molecule has 1 heterocycles. The van der Waals surface area contributed by atoms with E-state index in [2.05, 4.69) is 48.8 Å². The molecule has 1 aromatic rings. The van der Waals surface area contributed by atoms with Crippen LogP contribution in [0.1, 0.15) is 18.1 Å². The molecule has 1 aliphatic rings. The van der Waals surface area contributed by atoms with Crippen molar-refractivity contribution >= 4 is 5.69 Å². The smallest absolute Gasteiger partial charge is 0.138 e. The van der Waals surface area contributed by atoms with E-state index in [1.807, 2.05) is 19.3 Å². The van der Waals surface area contributed by atoms with Gasteiger partial charge in [-0.25, -0.2) is 0 Å². The van der Waals surface area contributed by atoms with Crippen molar-refractivity contribution in [2.45, 2.75) is 26.9 Å². The normalized spacial score (nSPS) is 19.2. The van der Waals surface area contributed by atoms with Gasteiger partial charge in [0.1, 0.15) is 17.9 Å². The van der Waals surface area contributed by atoms with Crippen molar-refractivity contribution in [3.8, 4) is 6.07 Å². The third kappa shape index (κ3) is 1.76. The van der Waals surface area contributed by atoms with Crippen molar-refractivity contribution in [3.63, 3.8) is 0 Å². The van der Waals surface area contributed by atoms with Gasteiger partial charge in [0.05, 0.1) is 0 Å². The minimum Gasteiger partial charge on any atom is -0.358 e. The quantitative estimate of drug-likeness (QED) is 0.739. The Hall–Kier alpha value is -1.95. The van der Waals surface area contributed by atoms with E-state index in [0.29, 0.717) is 5.70 Å². The molecule has 0 N–H and O–H groups in total. The molecule has 3 heteroatoms. The molecular weight excluding hydrogens is 210 g/mol. The van der Waals surface area contributed by atoms with E-state index in [9.17, 15) is 5.26 Å². The van der Waals surface area contributed by atoms with Crippen molar-refractivity contribution in [1.82, 2.24) is 4.90 Å². The molecule has 1 atom stereocenters. The Bertz CT molecular complexity index is 490. The Balaban J connectivity index is 2.54. The van der Waals surface area contributed by atoms with E-state index in [-0.39, 0.29) is 6.17 Å². The number of hydrogen-bond acceptors (Lipinski definition) is 3. The zero-order chi connectivity index (χ0) is 12.6. The monoisotopic (exact) mass is 227 g/mol. The summed E-state index contributed by atoms with van der Waals surface area (Å²) < 4.78 is 0. The van der Waals surface area contributed by atoms with Crippen LogP contribution in [0.4, 0.5) is 5.69 Å². The molecule has 0 unspecified atom stereocenters. The van der Waals surface area contributed by atoms with Gasteiger partial charge < -0.3 is 9.80 Å². The minimum atomic E-state index is 0.185. The molecule has 0 saturated heterocycles. The minimum absolute atomic E-state index is 0.185.